The van der Waals surface area contributed by atoms with Gasteiger partial charge in [-0.25, -0.2) is 0 Å². The number of ether oxygens (including phenoxy) is 2. The number of likely N-dealkylation sites (tertiary alicyclic amines) is 1. The van der Waals surface area contributed by atoms with E-state index in [1.165, 1.54) is 0 Å². The number of fused-ring (bicyclic) bond motifs is 1. The van der Waals surface area contributed by atoms with Crippen LogP contribution in [0.3, 0.4) is 0 Å². The van der Waals surface area contributed by atoms with Crippen molar-refractivity contribution in [1.29, 1.82) is 0 Å². The minimum Gasteiger partial charge on any atom is -0.497 e. The fourth-order valence-electron chi connectivity index (χ4n) is 7.11. The lowest BCUT2D eigenvalue weighted by Gasteiger charge is -2.40. The van der Waals surface area contributed by atoms with Crippen LogP contribution < -0.4 is 9.64 Å². The average Bonchev–Trinajstić information content (AvgIpc) is 3.63. The highest BCUT2D eigenvalue weighted by Crippen LogP contribution is 2.59. The third kappa shape index (κ3) is 5.18. The van der Waals surface area contributed by atoms with E-state index in [9.17, 15) is 19.5 Å². The Morgan fingerprint density at radius 3 is 2.44 bits per heavy atom. The molecule has 3 aliphatic heterocycles. The van der Waals surface area contributed by atoms with Crippen molar-refractivity contribution in [3.63, 3.8) is 0 Å². The van der Waals surface area contributed by atoms with Gasteiger partial charge in [0.2, 0.25) is 11.8 Å². The van der Waals surface area contributed by atoms with Crippen LogP contribution in [0.25, 0.3) is 0 Å². The van der Waals surface area contributed by atoms with E-state index in [-0.39, 0.29) is 36.8 Å². The first-order valence-corrected chi connectivity index (χ1v) is 14.8. The Morgan fingerprint density at radius 2 is 1.88 bits per heavy atom. The summed E-state index contributed by atoms with van der Waals surface area (Å²) >= 11 is 0. The van der Waals surface area contributed by atoms with Crippen LogP contribution in [-0.2, 0) is 19.1 Å². The number of rotatable bonds is 14. The first-order valence-electron chi connectivity index (χ1n) is 14.8. The summed E-state index contributed by atoms with van der Waals surface area (Å²) < 4.78 is 12.0. The highest BCUT2D eigenvalue weighted by molar-refractivity contribution is 6.05. The van der Waals surface area contributed by atoms with E-state index >= 15 is 0 Å². The van der Waals surface area contributed by atoms with Gasteiger partial charge in [-0.3, -0.25) is 14.4 Å². The fourth-order valence-corrected chi connectivity index (χ4v) is 7.11. The van der Waals surface area contributed by atoms with Crippen molar-refractivity contribution < 1.29 is 29.0 Å². The molecule has 3 saturated heterocycles. The number of anilines is 1. The quantitative estimate of drug-likeness (QED) is 0.346. The van der Waals surface area contributed by atoms with Crippen LogP contribution >= 0.6 is 0 Å². The number of methoxy groups -OCH3 is 1. The molecule has 0 aromatic heterocycles. The van der Waals surface area contributed by atoms with E-state index in [0.717, 1.165) is 6.42 Å². The molecule has 0 saturated carbocycles. The zero-order valence-electron chi connectivity index (χ0n) is 24.8. The zero-order chi connectivity index (χ0) is 29.9. The van der Waals surface area contributed by atoms with E-state index in [2.05, 4.69) is 13.2 Å². The molecule has 1 spiro atoms. The predicted octanol–water partition coefficient (Wildman–Crippen LogP) is 3.42. The van der Waals surface area contributed by atoms with Crippen molar-refractivity contribution in [3.8, 4) is 5.75 Å². The third-order valence-corrected chi connectivity index (χ3v) is 9.22. The number of carbonyl (C=O) groups excluding carboxylic acids is 3. The van der Waals surface area contributed by atoms with Gasteiger partial charge in [0.05, 0.1) is 37.7 Å². The lowest BCUT2D eigenvalue weighted by Crippen LogP contribution is -2.60. The van der Waals surface area contributed by atoms with E-state index in [0.29, 0.717) is 43.8 Å². The molecular weight excluding hydrogens is 522 g/mol. The highest BCUT2D eigenvalue weighted by Gasteiger charge is 2.75. The molecule has 41 heavy (non-hydrogen) atoms. The Labute approximate surface area is 243 Å². The molecule has 3 amide bonds. The second kappa shape index (κ2) is 12.8. The first kappa shape index (κ1) is 30.8. The molecule has 4 rings (SSSR count). The summed E-state index contributed by atoms with van der Waals surface area (Å²) in [6, 6.07) is 5.57. The molecule has 9 nitrogen and oxygen atoms in total. The van der Waals surface area contributed by atoms with Crippen LogP contribution in [0.4, 0.5) is 5.69 Å². The van der Waals surface area contributed by atoms with Crippen LogP contribution in [0, 0.1) is 17.8 Å². The second-order valence-corrected chi connectivity index (χ2v) is 11.4. The van der Waals surface area contributed by atoms with Gasteiger partial charge in [0.25, 0.3) is 5.91 Å². The number of hydrogen-bond acceptors (Lipinski definition) is 6. The van der Waals surface area contributed by atoms with Crippen molar-refractivity contribution >= 4 is 23.4 Å². The normalized spacial score (nSPS) is 27.7. The molecule has 1 aromatic carbocycles. The summed E-state index contributed by atoms with van der Waals surface area (Å²) in [5.74, 6) is -1.63. The topological polar surface area (TPSA) is 99.6 Å². The molecule has 3 fully saturated rings. The Morgan fingerprint density at radius 1 is 1.20 bits per heavy atom. The summed E-state index contributed by atoms with van der Waals surface area (Å²) in [6.07, 6.45) is 5.45. The van der Waals surface area contributed by atoms with Gasteiger partial charge in [-0.2, -0.15) is 0 Å². The van der Waals surface area contributed by atoms with Crippen molar-refractivity contribution in [3.05, 3.63) is 49.6 Å². The molecular formula is C32H45N3O6. The molecule has 0 radical (unpaired) electrons. The number of aliphatic hydroxyl groups excluding tert-OH is 1. The van der Waals surface area contributed by atoms with Gasteiger partial charge in [0.1, 0.15) is 17.4 Å². The molecule has 2 bridgehead atoms. The zero-order valence-corrected chi connectivity index (χ0v) is 24.8. The fraction of sp³-hybridized carbons (Fsp3) is 0.594. The number of nitrogens with zero attached hydrogens (tertiary/aromatic N) is 3. The smallest absolute Gasteiger partial charge is 0.253 e. The largest absolute Gasteiger partial charge is 0.497 e. The molecule has 7 atom stereocenters. The van der Waals surface area contributed by atoms with Crippen LogP contribution in [-0.4, -0.2) is 89.8 Å². The lowest BCUT2D eigenvalue weighted by atomic mass is 9.70. The van der Waals surface area contributed by atoms with E-state index < -0.39 is 35.6 Å². The summed E-state index contributed by atoms with van der Waals surface area (Å²) in [5, 5.41) is 10.6. The number of hydrogen-bond donors (Lipinski definition) is 1. The van der Waals surface area contributed by atoms with Crippen LogP contribution in [0.2, 0.25) is 0 Å². The van der Waals surface area contributed by atoms with Gasteiger partial charge in [-0.15, -0.1) is 13.2 Å². The molecule has 9 heteroatoms. The van der Waals surface area contributed by atoms with Gasteiger partial charge in [0.15, 0.2) is 0 Å². The predicted molar refractivity (Wildman–Crippen MR) is 157 cm³/mol. The van der Waals surface area contributed by atoms with Crippen LogP contribution in [0.5, 0.6) is 5.75 Å². The summed E-state index contributed by atoms with van der Waals surface area (Å²) in [6.45, 7) is 14.5. The van der Waals surface area contributed by atoms with Crippen molar-refractivity contribution in [2.24, 2.45) is 17.8 Å². The first-order chi connectivity index (χ1) is 19.7. The summed E-state index contributed by atoms with van der Waals surface area (Å²) in [4.78, 5) is 48.1. The van der Waals surface area contributed by atoms with Gasteiger partial charge >= 0.3 is 0 Å². The van der Waals surface area contributed by atoms with Crippen molar-refractivity contribution in [2.45, 2.75) is 70.2 Å². The third-order valence-electron chi connectivity index (χ3n) is 9.22. The average molecular weight is 568 g/mol. The van der Waals surface area contributed by atoms with E-state index in [1.54, 1.807) is 58.2 Å². The standard InChI is InChI=1S/C32H45N3O6/c1-7-17-33(18-8-2)29(37)26-25-15-16-32(41-25)27(26)30(38)35(24(20-36)21(5)10-4)28(32)31(39)34(19-9-3)22-11-13-23(40-6)14-12-22/h7,9,11-14,21,24-28,36H,1,3,8,10,15-20H2,2,4-6H3/t21-,24-,25+,26-,27-,28?,32?/m0/s1. The van der Waals surface area contributed by atoms with Gasteiger partial charge in [0, 0.05) is 25.3 Å². The molecule has 224 valence electrons. The molecule has 3 heterocycles. The number of amides is 3. The van der Waals surface area contributed by atoms with E-state index in [4.69, 9.17) is 9.47 Å². The molecule has 1 N–H and O–H groups in total. The highest BCUT2D eigenvalue weighted by atomic mass is 16.5. The Balaban J connectivity index is 1.82. The van der Waals surface area contributed by atoms with Crippen molar-refractivity contribution in [1.82, 2.24) is 9.80 Å². The van der Waals surface area contributed by atoms with Gasteiger partial charge in [-0.05, 0) is 49.4 Å². The Hall–Kier alpha value is -3.17. The second-order valence-electron chi connectivity index (χ2n) is 11.4. The summed E-state index contributed by atoms with van der Waals surface area (Å²) in [5.41, 5.74) is -0.523. The minimum atomic E-state index is -1.15. The lowest BCUT2D eigenvalue weighted by molar-refractivity contribution is -0.148. The molecule has 2 unspecified atom stereocenters. The monoisotopic (exact) mass is 567 g/mol. The van der Waals surface area contributed by atoms with E-state index in [1.807, 2.05) is 20.8 Å². The molecule has 3 aliphatic rings. The summed E-state index contributed by atoms with van der Waals surface area (Å²) in [7, 11) is 1.58. The van der Waals surface area contributed by atoms with Crippen LogP contribution in [0.15, 0.2) is 49.6 Å². The SMILES string of the molecule is C=CCN(CCC)C(=O)[C@@H]1[C@H]2C(=O)N([C@@H](CO)[C@@H](C)CC)C(C(=O)N(CC=C)c3ccc(OC)cc3)C23CC[C@H]1O3. The molecule has 0 aliphatic carbocycles. The maximum atomic E-state index is 14.7. The minimum absolute atomic E-state index is 0.0768. The van der Waals surface area contributed by atoms with Gasteiger partial charge in [-0.1, -0.05) is 39.3 Å². The van der Waals surface area contributed by atoms with Crippen LogP contribution in [0.1, 0.15) is 46.5 Å². The number of aliphatic hydroxyl groups is 1. The number of carbonyl (C=O) groups is 3. The van der Waals surface area contributed by atoms with Crippen molar-refractivity contribution in [2.75, 3.05) is 38.3 Å². The Kier molecular flexibility index (Phi) is 9.59. The maximum absolute atomic E-state index is 14.7. The number of benzene rings is 1. The molecule has 1 aromatic rings. The Bertz CT molecular complexity index is 1140. The van der Waals surface area contributed by atoms with Gasteiger partial charge < -0.3 is 29.3 Å². The maximum Gasteiger partial charge on any atom is 0.253 e.